The first-order chi connectivity index (χ1) is 6.54. The van der Waals surface area contributed by atoms with Crippen LogP contribution in [-0.4, -0.2) is 40.1 Å². The zero-order valence-corrected chi connectivity index (χ0v) is 10.3. The molecule has 0 amide bonds. The lowest BCUT2D eigenvalue weighted by Gasteiger charge is -2.12. The Bertz CT molecular complexity index is 195. The molecule has 0 radical (unpaired) electrons. The molecule has 0 bridgehead atoms. The number of rotatable bonds is 6. The molecule has 0 aliphatic heterocycles. The van der Waals surface area contributed by atoms with Crippen molar-refractivity contribution in [2.75, 3.05) is 19.8 Å². The first-order valence-electron chi connectivity index (χ1n) is 4.60. The largest absolute Gasteiger partial charge is 0.481 e. The lowest BCUT2D eigenvalue weighted by molar-refractivity contribution is -0.137. The average molecular weight is 235 g/mol. The smallest absolute Gasteiger partial charge is 0.303 e. The van der Waals surface area contributed by atoms with Crippen molar-refractivity contribution in [1.29, 1.82) is 0 Å². The third-order valence-corrected chi connectivity index (χ3v) is 3.45. The van der Waals surface area contributed by atoms with E-state index in [0.717, 1.165) is 29.3 Å². The second-order valence-electron chi connectivity index (χ2n) is 3.21. The van der Waals surface area contributed by atoms with Gasteiger partial charge in [0.2, 0.25) is 0 Å². The lowest BCUT2D eigenvalue weighted by Crippen LogP contribution is -2.16. The number of carbonyl (C=O) groups is 1. The summed E-state index contributed by atoms with van der Waals surface area (Å²) in [4.78, 5) is 12.1. The van der Waals surface area contributed by atoms with E-state index in [9.17, 15) is 4.79 Å². The number of thiocarbonyl (C=S) groups is 1. The predicted molar refractivity (Wildman–Crippen MR) is 64.8 cm³/mol. The van der Waals surface area contributed by atoms with E-state index in [1.165, 1.54) is 0 Å². The van der Waals surface area contributed by atoms with E-state index in [1.807, 2.05) is 19.0 Å². The fraction of sp³-hybridized carbons (Fsp3) is 0.778. The Morgan fingerprint density at radius 2 is 2.00 bits per heavy atom. The predicted octanol–water partition coefficient (Wildman–Crippen LogP) is 2.21. The molecule has 0 aliphatic rings. The van der Waals surface area contributed by atoms with Crippen molar-refractivity contribution in [3.8, 4) is 0 Å². The second-order valence-corrected chi connectivity index (χ2v) is 4.94. The van der Waals surface area contributed by atoms with Crippen LogP contribution in [0.1, 0.15) is 25.7 Å². The Morgan fingerprint density at radius 3 is 2.50 bits per heavy atom. The highest BCUT2D eigenvalue weighted by molar-refractivity contribution is 8.22. The van der Waals surface area contributed by atoms with Gasteiger partial charge in [-0.1, -0.05) is 30.4 Å². The van der Waals surface area contributed by atoms with Gasteiger partial charge in [0.1, 0.15) is 4.32 Å². The molecule has 0 saturated heterocycles. The minimum Gasteiger partial charge on any atom is -0.481 e. The van der Waals surface area contributed by atoms with Crippen molar-refractivity contribution < 1.29 is 9.90 Å². The van der Waals surface area contributed by atoms with Gasteiger partial charge in [0.15, 0.2) is 0 Å². The van der Waals surface area contributed by atoms with Gasteiger partial charge in [-0.2, -0.15) is 0 Å². The molecule has 0 aromatic heterocycles. The normalized spacial score (nSPS) is 9.86. The SMILES string of the molecule is CN(C)C(=S)SCCCCCC(=O)O. The van der Waals surface area contributed by atoms with Gasteiger partial charge in [-0.25, -0.2) is 0 Å². The first-order valence-corrected chi connectivity index (χ1v) is 5.99. The van der Waals surface area contributed by atoms with Crippen LogP contribution in [0.15, 0.2) is 0 Å². The van der Waals surface area contributed by atoms with Crippen molar-refractivity contribution in [1.82, 2.24) is 4.90 Å². The van der Waals surface area contributed by atoms with Gasteiger partial charge < -0.3 is 10.0 Å². The highest BCUT2D eigenvalue weighted by atomic mass is 32.2. The Morgan fingerprint density at radius 1 is 1.36 bits per heavy atom. The van der Waals surface area contributed by atoms with Gasteiger partial charge >= 0.3 is 5.97 Å². The van der Waals surface area contributed by atoms with Crippen LogP contribution in [0.3, 0.4) is 0 Å². The van der Waals surface area contributed by atoms with Crippen LogP contribution in [-0.2, 0) is 4.79 Å². The molecule has 82 valence electrons. The summed E-state index contributed by atoms with van der Waals surface area (Å²) in [6, 6.07) is 0. The summed E-state index contributed by atoms with van der Waals surface area (Å²) in [5.41, 5.74) is 0. The monoisotopic (exact) mass is 235 g/mol. The topological polar surface area (TPSA) is 40.5 Å². The third kappa shape index (κ3) is 8.31. The summed E-state index contributed by atoms with van der Waals surface area (Å²) >= 11 is 6.75. The summed E-state index contributed by atoms with van der Waals surface area (Å²) in [5.74, 6) is 0.276. The minimum atomic E-state index is -0.707. The van der Waals surface area contributed by atoms with Crippen LogP contribution in [0, 0.1) is 0 Å². The fourth-order valence-electron chi connectivity index (χ4n) is 0.844. The number of unbranched alkanes of at least 4 members (excludes halogenated alkanes) is 2. The van der Waals surface area contributed by atoms with Crippen molar-refractivity contribution in [2.45, 2.75) is 25.7 Å². The summed E-state index contributed by atoms with van der Waals surface area (Å²) in [5, 5.41) is 8.40. The number of aliphatic carboxylic acids is 1. The highest BCUT2D eigenvalue weighted by Gasteiger charge is 2.00. The van der Waals surface area contributed by atoms with E-state index < -0.39 is 5.97 Å². The molecule has 0 aliphatic carbocycles. The number of hydrogen-bond donors (Lipinski definition) is 1. The summed E-state index contributed by atoms with van der Waals surface area (Å²) in [6.07, 6.45) is 3.05. The standard InChI is InChI=1S/C9H17NO2S2/c1-10(2)9(13)14-7-5-3-4-6-8(11)12/h3-7H2,1-2H3,(H,11,12). The number of carboxylic acids is 1. The molecule has 14 heavy (non-hydrogen) atoms. The van der Waals surface area contributed by atoms with Crippen LogP contribution >= 0.6 is 24.0 Å². The zero-order chi connectivity index (χ0) is 11.0. The molecule has 0 heterocycles. The summed E-state index contributed by atoms with van der Waals surface area (Å²) < 4.78 is 0.892. The van der Waals surface area contributed by atoms with Crippen LogP contribution in [0.25, 0.3) is 0 Å². The Labute approximate surface area is 94.9 Å². The zero-order valence-electron chi connectivity index (χ0n) is 8.65. The van der Waals surface area contributed by atoms with E-state index in [4.69, 9.17) is 17.3 Å². The molecule has 3 nitrogen and oxygen atoms in total. The molecule has 0 spiro atoms. The van der Waals surface area contributed by atoms with E-state index in [1.54, 1.807) is 11.8 Å². The van der Waals surface area contributed by atoms with Gasteiger partial charge in [0, 0.05) is 26.3 Å². The second kappa shape index (κ2) is 8.05. The Balaban J connectivity index is 3.22. The molecular weight excluding hydrogens is 218 g/mol. The van der Waals surface area contributed by atoms with E-state index in [0.29, 0.717) is 0 Å². The molecule has 0 rings (SSSR count). The van der Waals surface area contributed by atoms with Crippen LogP contribution in [0.2, 0.25) is 0 Å². The van der Waals surface area contributed by atoms with Crippen molar-refractivity contribution in [2.24, 2.45) is 0 Å². The maximum absolute atomic E-state index is 10.2. The molecule has 0 saturated carbocycles. The maximum atomic E-state index is 10.2. The molecule has 1 N–H and O–H groups in total. The third-order valence-electron chi connectivity index (χ3n) is 1.63. The molecular formula is C9H17NO2S2. The molecule has 0 fully saturated rings. The van der Waals surface area contributed by atoms with Gasteiger partial charge in [0.25, 0.3) is 0 Å². The fourth-order valence-corrected chi connectivity index (χ4v) is 1.87. The van der Waals surface area contributed by atoms with Crippen LogP contribution in [0.5, 0.6) is 0 Å². The molecule has 0 atom stereocenters. The Hall–Kier alpha value is -0.290. The number of nitrogens with zero attached hydrogens (tertiary/aromatic N) is 1. The summed E-state index contributed by atoms with van der Waals surface area (Å²) in [6.45, 7) is 0. The highest BCUT2D eigenvalue weighted by Crippen LogP contribution is 2.11. The van der Waals surface area contributed by atoms with E-state index in [2.05, 4.69) is 0 Å². The minimum absolute atomic E-state index is 0.281. The van der Waals surface area contributed by atoms with Gasteiger partial charge in [-0.3, -0.25) is 4.79 Å². The van der Waals surface area contributed by atoms with Crippen LogP contribution in [0.4, 0.5) is 0 Å². The molecule has 0 aromatic rings. The first kappa shape index (κ1) is 13.7. The number of carboxylic acid groups (broad SMARTS) is 1. The van der Waals surface area contributed by atoms with Crippen molar-refractivity contribution in [3.63, 3.8) is 0 Å². The van der Waals surface area contributed by atoms with E-state index in [-0.39, 0.29) is 6.42 Å². The molecule has 0 aromatic carbocycles. The Kier molecular flexibility index (Phi) is 7.89. The molecule has 5 heteroatoms. The average Bonchev–Trinajstić information content (AvgIpc) is 2.09. The summed E-state index contributed by atoms with van der Waals surface area (Å²) in [7, 11) is 3.86. The van der Waals surface area contributed by atoms with Gasteiger partial charge in [-0.15, -0.1) is 0 Å². The van der Waals surface area contributed by atoms with Crippen LogP contribution < -0.4 is 0 Å². The molecule has 0 unspecified atom stereocenters. The number of hydrogen-bond acceptors (Lipinski definition) is 3. The quantitative estimate of drug-likeness (QED) is 0.564. The maximum Gasteiger partial charge on any atom is 0.303 e. The van der Waals surface area contributed by atoms with Gasteiger partial charge in [-0.05, 0) is 12.8 Å². The number of thioether (sulfide) groups is 1. The van der Waals surface area contributed by atoms with Crippen molar-refractivity contribution >= 4 is 34.3 Å². The van der Waals surface area contributed by atoms with Gasteiger partial charge in [0.05, 0.1) is 0 Å². The van der Waals surface area contributed by atoms with E-state index >= 15 is 0 Å². The lowest BCUT2D eigenvalue weighted by atomic mass is 10.2. The van der Waals surface area contributed by atoms with Crippen molar-refractivity contribution in [3.05, 3.63) is 0 Å².